The fourth-order valence-electron chi connectivity index (χ4n) is 1.98. The summed E-state index contributed by atoms with van der Waals surface area (Å²) in [5.74, 6) is 0.727. The molecule has 0 saturated heterocycles. The predicted molar refractivity (Wildman–Crippen MR) is 85.8 cm³/mol. The summed E-state index contributed by atoms with van der Waals surface area (Å²) in [7, 11) is 0. The second-order valence-electron chi connectivity index (χ2n) is 4.24. The maximum absolute atomic E-state index is 9.24. The number of para-hydroxylation sites is 1. The molecule has 0 atom stereocenters. The van der Waals surface area contributed by atoms with Crippen molar-refractivity contribution < 1.29 is 0 Å². The Morgan fingerprint density at radius 3 is 2.85 bits per heavy atom. The predicted octanol–water partition coefficient (Wildman–Crippen LogP) is 4.54. The molecule has 0 aliphatic carbocycles. The van der Waals surface area contributed by atoms with Crippen molar-refractivity contribution in [3.63, 3.8) is 0 Å². The van der Waals surface area contributed by atoms with E-state index in [2.05, 4.69) is 38.4 Å². The minimum Gasteiger partial charge on any atom is -0.365 e. The number of halogens is 1. The molecule has 98 valence electrons. The molecule has 0 aliphatic heterocycles. The first-order valence-corrected chi connectivity index (χ1v) is 7.65. The molecular formula is C15H10BrN3S. The Bertz CT molecular complexity index is 804. The van der Waals surface area contributed by atoms with Crippen molar-refractivity contribution in [2.24, 2.45) is 0 Å². The summed E-state index contributed by atoms with van der Waals surface area (Å²) < 4.78 is 1.11. The first-order valence-electron chi connectivity index (χ1n) is 6.04. The van der Waals surface area contributed by atoms with E-state index in [0.29, 0.717) is 12.1 Å². The number of hydrogen-bond acceptors (Lipinski definition) is 4. The average molecular weight is 344 g/mol. The van der Waals surface area contributed by atoms with Crippen molar-refractivity contribution >= 4 is 44.0 Å². The standard InChI is InChI=1S/C15H10BrN3S/c16-14-6-5-11(20-14)9-18-15-7-10(8-17)12-3-1-2-4-13(12)19-15/h1-7H,9H2,(H,18,19). The molecule has 0 fully saturated rings. The number of fused-ring (bicyclic) bond motifs is 1. The number of nitrogens with one attached hydrogen (secondary N) is 1. The number of anilines is 1. The van der Waals surface area contributed by atoms with Gasteiger partial charge in [-0.25, -0.2) is 4.98 Å². The van der Waals surface area contributed by atoms with Gasteiger partial charge < -0.3 is 5.32 Å². The van der Waals surface area contributed by atoms with Crippen LogP contribution in [0.3, 0.4) is 0 Å². The van der Waals surface area contributed by atoms with Crippen LogP contribution in [0.1, 0.15) is 10.4 Å². The van der Waals surface area contributed by atoms with Gasteiger partial charge >= 0.3 is 0 Å². The van der Waals surface area contributed by atoms with Crippen LogP contribution in [0.4, 0.5) is 5.82 Å². The van der Waals surface area contributed by atoms with Crippen LogP contribution in [0.2, 0.25) is 0 Å². The van der Waals surface area contributed by atoms with Crippen LogP contribution in [0.5, 0.6) is 0 Å². The van der Waals surface area contributed by atoms with E-state index in [9.17, 15) is 5.26 Å². The number of nitrogens with zero attached hydrogens (tertiary/aromatic N) is 2. The molecule has 1 aromatic carbocycles. The lowest BCUT2D eigenvalue weighted by atomic mass is 10.1. The molecule has 3 aromatic rings. The molecule has 3 rings (SSSR count). The maximum atomic E-state index is 9.24. The van der Waals surface area contributed by atoms with Crippen molar-refractivity contribution in [2.75, 3.05) is 5.32 Å². The van der Waals surface area contributed by atoms with Gasteiger partial charge in [0.2, 0.25) is 0 Å². The van der Waals surface area contributed by atoms with Crippen molar-refractivity contribution in [1.29, 1.82) is 5.26 Å². The summed E-state index contributed by atoms with van der Waals surface area (Å²) >= 11 is 5.13. The Balaban J connectivity index is 1.90. The van der Waals surface area contributed by atoms with Gasteiger partial charge in [-0.15, -0.1) is 11.3 Å². The van der Waals surface area contributed by atoms with Crippen LogP contribution in [0, 0.1) is 11.3 Å². The Labute approximate surface area is 129 Å². The highest BCUT2D eigenvalue weighted by atomic mass is 79.9. The van der Waals surface area contributed by atoms with E-state index >= 15 is 0 Å². The van der Waals surface area contributed by atoms with Crippen LogP contribution < -0.4 is 5.32 Å². The highest BCUT2D eigenvalue weighted by Gasteiger charge is 2.05. The van der Waals surface area contributed by atoms with Gasteiger partial charge in [-0.2, -0.15) is 5.26 Å². The third kappa shape index (κ3) is 2.67. The highest BCUT2D eigenvalue weighted by Crippen LogP contribution is 2.24. The normalized spacial score (nSPS) is 10.4. The van der Waals surface area contributed by atoms with E-state index in [4.69, 9.17) is 0 Å². The molecule has 5 heteroatoms. The molecule has 2 heterocycles. The molecule has 0 bridgehead atoms. The van der Waals surface area contributed by atoms with Gasteiger partial charge in [0.1, 0.15) is 5.82 Å². The van der Waals surface area contributed by atoms with E-state index in [0.717, 1.165) is 20.5 Å². The molecule has 0 saturated carbocycles. The zero-order chi connectivity index (χ0) is 13.9. The zero-order valence-electron chi connectivity index (χ0n) is 10.4. The first-order chi connectivity index (χ1) is 9.76. The van der Waals surface area contributed by atoms with E-state index in [1.807, 2.05) is 30.3 Å². The van der Waals surface area contributed by atoms with Crippen LogP contribution in [-0.2, 0) is 6.54 Å². The minimum atomic E-state index is 0.644. The van der Waals surface area contributed by atoms with E-state index in [1.165, 1.54) is 4.88 Å². The zero-order valence-corrected chi connectivity index (χ0v) is 12.8. The molecule has 2 aromatic heterocycles. The summed E-state index contributed by atoms with van der Waals surface area (Å²) in [5.41, 5.74) is 1.48. The summed E-state index contributed by atoms with van der Waals surface area (Å²) in [5, 5.41) is 13.4. The lowest BCUT2D eigenvalue weighted by molar-refractivity contribution is 1.15. The van der Waals surface area contributed by atoms with Gasteiger partial charge in [0.15, 0.2) is 0 Å². The number of hydrogen-bond donors (Lipinski definition) is 1. The summed E-state index contributed by atoms with van der Waals surface area (Å²) in [6, 6.07) is 15.8. The van der Waals surface area contributed by atoms with Crippen molar-refractivity contribution in [3.8, 4) is 6.07 Å². The maximum Gasteiger partial charge on any atom is 0.128 e. The topological polar surface area (TPSA) is 48.7 Å². The van der Waals surface area contributed by atoms with Gasteiger partial charge in [-0.3, -0.25) is 0 Å². The van der Waals surface area contributed by atoms with E-state index in [1.54, 1.807) is 17.4 Å². The SMILES string of the molecule is N#Cc1cc(NCc2ccc(Br)s2)nc2ccccc12. The summed E-state index contributed by atoms with van der Waals surface area (Å²) in [4.78, 5) is 5.75. The fourth-order valence-corrected chi connectivity index (χ4v) is 3.41. The molecule has 0 amide bonds. The van der Waals surface area contributed by atoms with Crippen LogP contribution >= 0.6 is 27.3 Å². The van der Waals surface area contributed by atoms with Crippen molar-refractivity contribution in [3.05, 3.63) is 56.7 Å². The Hall–Kier alpha value is -1.90. The van der Waals surface area contributed by atoms with Gasteiger partial charge in [0, 0.05) is 10.3 Å². The molecule has 0 aliphatic rings. The number of nitriles is 1. The highest BCUT2D eigenvalue weighted by molar-refractivity contribution is 9.11. The second-order valence-corrected chi connectivity index (χ2v) is 6.79. The summed E-state index contributed by atoms with van der Waals surface area (Å²) in [6.45, 7) is 0.701. The third-order valence-electron chi connectivity index (χ3n) is 2.91. The molecule has 3 nitrogen and oxygen atoms in total. The van der Waals surface area contributed by atoms with Crippen molar-refractivity contribution in [1.82, 2.24) is 4.98 Å². The monoisotopic (exact) mass is 343 g/mol. The third-order valence-corrected chi connectivity index (χ3v) is 4.53. The second kappa shape index (κ2) is 5.61. The van der Waals surface area contributed by atoms with Crippen molar-refractivity contribution in [2.45, 2.75) is 6.54 Å². The Kier molecular flexibility index (Phi) is 3.68. The van der Waals surface area contributed by atoms with Crippen LogP contribution in [0.25, 0.3) is 10.9 Å². The van der Waals surface area contributed by atoms with Crippen LogP contribution in [0.15, 0.2) is 46.3 Å². The van der Waals surface area contributed by atoms with Gasteiger partial charge in [-0.05, 0) is 40.2 Å². The average Bonchev–Trinajstić information content (AvgIpc) is 2.90. The number of aromatic nitrogens is 1. The molecular weight excluding hydrogens is 334 g/mol. The lowest BCUT2D eigenvalue weighted by Gasteiger charge is -2.07. The minimum absolute atomic E-state index is 0.644. The summed E-state index contributed by atoms with van der Waals surface area (Å²) in [6.07, 6.45) is 0. The largest absolute Gasteiger partial charge is 0.365 e. The number of rotatable bonds is 3. The molecule has 1 N–H and O–H groups in total. The van der Waals surface area contributed by atoms with Gasteiger partial charge in [0.25, 0.3) is 0 Å². The number of pyridine rings is 1. The van der Waals surface area contributed by atoms with Gasteiger partial charge in [0.05, 0.1) is 27.5 Å². The number of thiophene rings is 1. The first kappa shape index (κ1) is 13.1. The van der Waals surface area contributed by atoms with Crippen LogP contribution in [-0.4, -0.2) is 4.98 Å². The Morgan fingerprint density at radius 1 is 1.25 bits per heavy atom. The molecule has 0 spiro atoms. The molecule has 0 unspecified atom stereocenters. The van der Waals surface area contributed by atoms with E-state index in [-0.39, 0.29) is 0 Å². The lowest BCUT2D eigenvalue weighted by Crippen LogP contribution is -2.00. The molecule has 0 radical (unpaired) electrons. The van der Waals surface area contributed by atoms with E-state index < -0.39 is 0 Å². The molecule has 20 heavy (non-hydrogen) atoms. The smallest absolute Gasteiger partial charge is 0.128 e. The Morgan fingerprint density at radius 2 is 2.10 bits per heavy atom. The number of benzene rings is 1. The fraction of sp³-hybridized carbons (Fsp3) is 0.0667. The quantitative estimate of drug-likeness (QED) is 0.759. The van der Waals surface area contributed by atoms with Gasteiger partial charge in [-0.1, -0.05) is 18.2 Å².